The molecule has 0 bridgehead atoms. The van der Waals surface area contributed by atoms with Gasteiger partial charge in [-0.05, 0) is 25.0 Å². The van der Waals surface area contributed by atoms with Gasteiger partial charge in [0.15, 0.2) is 5.16 Å². The van der Waals surface area contributed by atoms with E-state index >= 15 is 0 Å². The SMILES string of the molecule is O=C(CSc1nccn1C1CC1)Nc1cc(-c2ccccc2)nn1-c1ccccc1. The summed E-state index contributed by atoms with van der Waals surface area (Å²) in [5, 5.41) is 8.67. The van der Waals surface area contributed by atoms with Gasteiger partial charge in [0, 0.05) is 30.1 Å². The average molecular weight is 416 g/mol. The van der Waals surface area contributed by atoms with E-state index in [9.17, 15) is 4.79 Å². The molecule has 0 spiro atoms. The summed E-state index contributed by atoms with van der Waals surface area (Å²) in [4.78, 5) is 17.1. The van der Waals surface area contributed by atoms with Crippen LogP contribution in [-0.2, 0) is 4.79 Å². The van der Waals surface area contributed by atoms with Gasteiger partial charge in [0.25, 0.3) is 0 Å². The summed E-state index contributed by atoms with van der Waals surface area (Å²) in [7, 11) is 0. The molecule has 7 heteroatoms. The third-order valence-corrected chi connectivity index (χ3v) is 5.93. The minimum absolute atomic E-state index is 0.0814. The first-order chi connectivity index (χ1) is 14.8. The van der Waals surface area contributed by atoms with E-state index in [2.05, 4.69) is 14.9 Å². The Morgan fingerprint density at radius 2 is 1.80 bits per heavy atom. The zero-order chi connectivity index (χ0) is 20.3. The Bertz CT molecular complexity index is 1150. The molecule has 2 heterocycles. The fourth-order valence-electron chi connectivity index (χ4n) is 3.34. The number of benzene rings is 2. The standard InChI is InChI=1S/C23H21N5OS/c29-22(16-30-23-24-13-14-27(23)18-11-12-18)25-21-15-20(17-7-3-1-4-8-17)26-28(21)19-9-5-2-6-10-19/h1-10,13-15,18H,11-12,16H2,(H,25,29). The highest BCUT2D eigenvalue weighted by Gasteiger charge is 2.25. The molecular formula is C23H21N5OS. The van der Waals surface area contributed by atoms with Crippen molar-refractivity contribution >= 4 is 23.5 Å². The van der Waals surface area contributed by atoms with Crippen molar-refractivity contribution in [1.82, 2.24) is 19.3 Å². The summed E-state index contributed by atoms with van der Waals surface area (Å²) < 4.78 is 3.94. The third kappa shape index (κ3) is 4.02. The first-order valence-corrected chi connectivity index (χ1v) is 10.9. The smallest absolute Gasteiger partial charge is 0.236 e. The molecule has 1 amide bonds. The summed E-state index contributed by atoms with van der Waals surface area (Å²) in [6.45, 7) is 0. The van der Waals surface area contributed by atoms with Crippen LogP contribution in [0.1, 0.15) is 18.9 Å². The highest BCUT2D eigenvalue weighted by molar-refractivity contribution is 7.99. The van der Waals surface area contributed by atoms with Crippen LogP contribution in [0.4, 0.5) is 5.82 Å². The number of hydrogen-bond donors (Lipinski definition) is 1. The number of rotatable bonds is 7. The van der Waals surface area contributed by atoms with Crippen molar-refractivity contribution in [3.63, 3.8) is 0 Å². The maximum atomic E-state index is 12.7. The van der Waals surface area contributed by atoms with E-state index in [0.717, 1.165) is 22.1 Å². The Labute approximate surface area is 179 Å². The van der Waals surface area contributed by atoms with E-state index in [-0.39, 0.29) is 5.91 Å². The van der Waals surface area contributed by atoms with Gasteiger partial charge in [0.1, 0.15) is 5.82 Å². The maximum absolute atomic E-state index is 12.7. The number of carbonyl (C=O) groups excluding carboxylic acids is 1. The van der Waals surface area contributed by atoms with Gasteiger partial charge in [-0.25, -0.2) is 9.67 Å². The second-order valence-corrected chi connectivity index (χ2v) is 8.16. The quantitative estimate of drug-likeness (QED) is 0.440. The molecule has 0 aliphatic heterocycles. The van der Waals surface area contributed by atoms with Crippen molar-refractivity contribution < 1.29 is 4.79 Å². The second kappa shape index (κ2) is 8.20. The molecule has 30 heavy (non-hydrogen) atoms. The molecule has 2 aromatic heterocycles. The zero-order valence-corrected chi connectivity index (χ0v) is 17.1. The number of carbonyl (C=O) groups is 1. The zero-order valence-electron chi connectivity index (χ0n) is 16.3. The topological polar surface area (TPSA) is 64.7 Å². The first kappa shape index (κ1) is 18.7. The fourth-order valence-corrected chi connectivity index (χ4v) is 4.16. The molecule has 1 fully saturated rings. The van der Waals surface area contributed by atoms with Crippen LogP contribution in [-0.4, -0.2) is 31.0 Å². The van der Waals surface area contributed by atoms with E-state index in [1.54, 1.807) is 10.9 Å². The molecule has 1 aliphatic rings. The van der Waals surface area contributed by atoms with Crippen molar-refractivity contribution in [2.75, 3.05) is 11.1 Å². The van der Waals surface area contributed by atoms with E-state index in [1.807, 2.05) is 72.9 Å². The van der Waals surface area contributed by atoms with Gasteiger partial charge in [0.2, 0.25) is 5.91 Å². The number of aromatic nitrogens is 4. The predicted octanol–water partition coefficient (Wildman–Crippen LogP) is 4.80. The summed E-state index contributed by atoms with van der Waals surface area (Å²) in [5.74, 6) is 0.864. The Balaban J connectivity index is 1.36. The normalized spacial score (nSPS) is 13.3. The molecular weight excluding hydrogens is 394 g/mol. The van der Waals surface area contributed by atoms with Crippen LogP contribution >= 0.6 is 11.8 Å². The van der Waals surface area contributed by atoms with Crippen molar-refractivity contribution in [1.29, 1.82) is 0 Å². The lowest BCUT2D eigenvalue weighted by atomic mass is 10.2. The van der Waals surface area contributed by atoms with E-state index in [0.29, 0.717) is 17.6 Å². The average Bonchev–Trinajstić information content (AvgIpc) is 3.37. The Hall–Kier alpha value is -3.32. The number of hydrogen-bond acceptors (Lipinski definition) is 4. The molecule has 5 rings (SSSR count). The minimum atomic E-state index is -0.0814. The van der Waals surface area contributed by atoms with Gasteiger partial charge in [-0.15, -0.1) is 0 Å². The molecule has 2 aromatic carbocycles. The number of nitrogens with one attached hydrogen (secondary N) is 1. The monoisotopic (exact) mass is 415 g/mol. The molecule has 1 aliphatic carbocycles. The Kier molecular flexibility index (Phi) is 5.11. The molecule has 0 saturated heterocycles. The van der Waals surface area contributed by atoms with Gasteiger partial charge >= 0.3 is 0 Å². The van der Waals surface area contributed by atoms with Crippen molar-refractivity contribution in [2.45, 2.75) is 24.0 Å². The molecule has 150 valence electrons. The lowest BCUT2D eigenvalue weighted by Crippen LogP contribution is -2.17. The molecule has 4 aromatic rings. The summed E-state index contributed by atoms with van der Waals surface area (Å²) >= 11 is 1.46. The van der Waals surface area contributed by atoms with Crippen LogP contribution in [0.15, 0.2) is 84.3 Å². The highest BCUT2D eigenvalue weighted by Crippen LogP contribution is 2.37. The van der Waals surface area contributed by atoms with Crippen molar-refractivity contribution in [3.05, 3.63) is 79.1 Å². The largest absolute Gasteiger partial charge is 0.323 e. The van der Waals surface area contributed by atoms with E-state index < -0.39 is 0 Å². The third-order valence-electron chi connectivity index (χ3n) is 4.95. The van der Waals surface area contributed by atoms with Gasteiger partial charge in [-0.1, -0.05) is 60.3 Å². The van der Waals surface area contributed by atoms with E-state index in [4.69, 9.17) is 5.10 Å². The number of para-hydroxylation sites is 1. The number of nitrogens with zero attached hydrogens (tertiary/aromatic N) is 4. The minimum Gasteiger partial charge on any atom is -0.323 e. The van der Waals surface area contributed by atoms with Gasteiger partial charge in [-0.2, -0.15) is 5.10 Å². The number of thioether (sulfide) groups is 1. The fraction of sp³-hybridized carbons (Fsp3) is 0.174. The lowest BCUT2D eigenvalue weighted by molar-refractivity contribution is -0.113. The number of imidazole rings is 1. The van der Waals surface area contributed by atoms with Crippen LogP contribution in [0, 0.1) is 0 Å². The maximum Gasteiger partial charge on any atom is 0.236 e. The van der Waals surface area contributed by atoms with Crippen molar-refractivity contribution in [2.24, 2.45) is 0 Å². The van der Waals surface area contributed by atoms with Gasteiger partial charge in [0.05, 0.1) is 17.1 Å². The summed E-state index contributed by atoms with van der Waals surface area (Å²) in [6.07, 6.45) is 6.17. The van der Waals surface area contributed by atoms with Crippen LogP contribution in [0.5, 0.6) is 0 Å². The molecule has 1 saturated carbocycles. The lowest BCUT2D eigenvalue weighted by Gasteiger charge is -2.09. The Morgan fingerprint density at radius 3 is 2.53 bits per heavy atom. The van der Waals surface area contributed by atoms with Gasteiger partial charge in [-0.3, -0.25) is 4.79 Å². The second-order valence-electron chi connectivity index (χ2n) is 7.21. The number of amides is 1. The molecule has 0 radical (unpaired) electrons. The Morgan fingerprint density at radius 1 is 1.07 bits per heavy atom. The molecule has 1 N–H and O–H groups in total. The van der Waals surface area contributed by atoms with E-state index in [1.165, 1.54) is 24.6 Å². The molecule has 6 nitrogen and oxygen atoms in total. The number of anilines is 1. The molecule has 0 atom stereocenters. The molecule has 0 unspecified atom stereocenters. The van der Waals surface area contributed by atoms with Crippen LogP contribution in [0.3, 0.4) is 0 Å². The highest BCUT2D eigenvalue weighted by atomic mass is 32.2. The first-order valence-electron chi connectivity index (χ1n) is 9.94. The van der Waals surface area contributed by atoms with Gasteiger partial charge < -0.3 is 9.88 Å². The summed E-state index contributed by atoms with van der Waals surface area (Å²) in [6, 6.07) is 22.2. The summed E-state index contributed by atoms with van der Waals surface area (Å²) in [5.41, 5.74) is 2.71. The van der Waals surface area contributed by atoms with Crippen molar-refractivity contribution in [3.8, 4) is 16.9 Å². The van der Waals surface area contributed by atoms with Crippen LogP contribution in [0.25, 0.3) is 16.9 Å². The predicted molar refractivity (Wildman–Crippen MR) is 119 cm³/mol. The van der Waals surface area contributed by atoms with Crippen LogP contribution < -0.4 is 5.32 Å². The van der Waals surface area contributed by atoms with Crippen LogP contribution in [0.2, 0.25) is 0 Å².